The minimum atomic E-state index is 0.202. The van der Waals surface area contributed by atoms with Crippen LogP contribution in [0.25, 0.3) is 0 Å². The van der Waals surface area contributed by atoms with Crippen LogP contribution in [0.5, 0.6) is 0 Å². The highest BCUT2D eigenvalue weighted by molar-refractivity contribution is 5.75. The summed E-state index contributed by atoms with van der Waals surface area (Å²) < 4.78 is 0. The molecular formula is C13H28N4O. The van der Waals surface area contributed by atoms with E-state index in [-0.39, 0.29) is 5.91 Å². The van der Waals surface area contributed by atoms with Gasteiger partial charge < -0.3 is 10.2 Å². The van der Waals surface area contributed by atoms with E-state index in [1.807, 2.05) is 21.1 Å². The fourth-order valence-corrected chi connectivity index (χ4v) is 2.29. The molecule has 18 heavy (non-hydrogen) atoms. The number of hydrogen-bond donors (Lipinski definition) is 2. The van der Waals surface area contributed by atoms with Crippen molar-refractivity contribution >= 4 is 5.91 Å². The molecule has 0 aromatic heterocycles. The van der Waals surface area contributed by atoms with E-state index in [1.165, 1.54) is 12.8 Å². The molecule has 1 amide bonds. The summed E-state index contributed by atoms with van der Waals surface area (Å²) in [5, 5.41) is 5.21. The van der Waals surface area contributed by atoms with E-state index in [2.05, 4.69) is 20.7 Å². The average molecular weight is 256 g/mol. The van der Waals surface area contributed by atoms with Gasteiger partial charge in [-0.15, -0.1) is 0 Å². The van der Waals surface area contributed by atoms with Gasteiger partial charge in [-0.1, -0.05) is 0 Å². The number of nitrogens with zero attached hydrogens (tertiary/aromatic N) is 2. The highest BCUT2D eigenvalue weighted by Gasteiger charge is 2.18. The maximum atomic E-state index is 11.6. The van der Waals surface area contributed by atoms with Gasteiger partial charge in [-0.25, -0.2) is 5.01 Å². The number of carbonyl (C=O) groups excluding carboxylic acids is 1. The van der Waals surface area contributed by atoms with Crippen LogP contribution in [-0.4, -0.2) is 63.1 Å². The van der Waals surface area contributed by atoms with E-state index >= 15 is 0 Å². The lowest BCUT2D eigenvalue weighted by Gasteiger charge is -2.31. The zero-order valence-corrected chi connectivity index (χ0v) is 12.0. The summed E-state index contributed by atoms with van der Waals surface area (Å²) in [6.07, 6.45) is 4.11. The number of likely N-dealkylation sites (N-methyl/N-ethyl adjacent to an activating group) is 1. The SMILES string of the molecule is CNN1CCC(CCC(=O)NCCN(C)C)CC1. The Bertz CT molecular complexity index is 237. The summed E-state index contributed by atoms with van der Waals surface area (Å²) in [6, 6.07) is 0. The van der Waals surface area contributed by atoms with E-state index in [0.29, 0.717) is 12.3 Å². The zero-order chi connectivity index (χ0) is 13.4. The van der Waals surface area contributed by atoms with Gasteiger partial charge in [-0.2, -0.15) is 0 Å². The van der Waals surface area contributed by atoms with E-state index in [1.54, 1.807) is 0 Å². The molecule has 1 saturated heterocycles. The number of rotatable bonds is 7. The van der Waals surface area contributed by atoms with Crippen LogP contribution in [0.4, 0.5) is 0 Å². The Hall–Kier alpha value is -0.650. The van der Waals surface area contributed by atoms with Crippen LogP contribution in [0.3, 0.4) is 0 Å². The minimum absolute atomic E-state index is 0.202. The quantitative estimate of drug-likeness (QED) is 0.687. The second-order valence-electron chi connectivity index (χ2n) is 5.35. The smallest absolute Gasteiger partial charge is 0.220 e. The van der Waals surface area contributed by atoms with Crippen molar-refractivity contribution in [2.24, 2.45) is 5.92 Å². The summed E-state index contributed by atoms with van der Waals surface area (Å²) in [6.45, 7) is 3.86. The topological polar surface area (TPSA) is 47.6 Å². The summed E-state index contributed by atoms with van der Waals surface area (Å²) in [4.78, 5) is 13.7. The Morgan fingerprint density at radius 2 is 2.00 bits per heavy atom. The van der Waals surface area contributed by atoms with Crippen LogP contribution in [-0.2, 0) is 4.79 Å². The molecule has 1 aliphatic heterocycles. The molecule has 5 heteroatoms. The van der Waals surface area contributed by atoms with Crippen molar-refractivity contribution in [1.82, 2.24) is 20.7 Å². The Morgan fingerprint density at radius 3 is 2.56 bits per heavy atom. The van der Waals surface area contributed by atoms with E-state index in [0.717, 1.165) is 32.6 Å². The van der Waals surface area contributed by atoms with Gasteiger partial charge in [0, 0.05) is 32.6 Å². The third-order valence-electron chi connectivity index (χ3n) is 3.59. The minimum Gasteiger partial charge on any atom is -0.355 e. The monoisotopic (exact) mass is 256 g/mol. The van der Waals surface area contributed by atoms with E-state index < -0.39 is 0 Å². The molecule has 2 N–H and O–H groups in total. The lowest BCUT2D eigenvalue weighted by atomic mass is 9.93. The molecule has 0 saturated carbocycles. The van der Waals surface area contributed by atoms with E-state index in [4.69, 9.17) is 0 Å². The zero-order valence-electron chi connectivity index (χ0n) is 12.0. The Labute approximate surface area is 111 Å². The molecule has 1 heterocycles. The molecule has 0 atom stereocenters. The van der Waals surface area contributed by atoms with Crippen molar-refractivity contribution in [3.63, 3.8) is 0 Å². The van der Waals surface area contributed by atoms with Crippen molar-refractivity contribution < 1.29 is 4.79 Å². The van der Waals surface area contributed by atoms with Gasteiger partial charge in [-0.3, -0.25) is 10.2 Å². The third-order valence-corrected chi connectivity index (χ3v) is 3.59. The molecule has 0 bridgehead atoms. The fourth-order valence-electron chi connectivity index (χ4n) is 2.29. The fraction of sp³-hybridized carbons (Fsp3) is 0.923. The van der Waals surface area contributed by atoms with Gasteiger partial charge >= 0.3 is 0 Å². The molecule has 0 aromatic carbocycles. The molecule has 0 radical (unpaired) electrons. The first-order valence-corrected chi connectivity index (χ1v) is 6.95. The Kier molecular flexibility index (Phi) is 7.23. The Balaban J connectivity index is 2.04. The maximum Gasteiger partial charge on any atom is 0.220 e. The molecule has 5 nitrogen and oxygen atoms in total. The largest absolute Gasteiger partial charge is 0.355 e. The number of carbonyl (C=O) groups is 1. The van der Waals surface area contributed by atoms with Gasteiger partial charge in [0.25, 0.3) is 0 Å². The molecule has 0 unspecified atom stereocenters. The van der Waals surface area contributed by atoms with E-state index in [9.17, 15) is 4.79 Å². The first-order valence-electron chi connectivity index (χ1n) is 6.95. The predicted octanol–water partition coefficient (Wildman–Crippen LogP) is 0.291. The molecule has 1 fully saturated rings. The number of piperidine rings is 1. The summed E-state index contributed by atoms with van der Waals surface area (Å²) in [7, 11) is 6.00. The highest BCUT2D eigenvalue weighted by Crippen LogP contribution is 2.20. The van der Waals surface area contributed by atoms with Gasteiger partial charge in [0.1, 0.15) is 0 Å². The lowest BCUT2D eigenvalue weighted by Crippen LogP contribution is -2.41. The lowest BCUT2D eigenvalue weighted by molar-refractivity contribution is -0.121. The van der Waals surface area contributed by atoms with Gasteiger partial charge in [0.15, 0.2) is 0 Å². The highest BCUT2D eigenvalue weighted by atomic mass is 16.1. The molecule has 106 valence electrons. The van der Waals surface area contributed by atoms with Crippen molar-refractivity contribution in [3.05, 3.63) is 0 Å². The molecular weight excluding hydrogens is 228 g/mol. The maximum absolute atomic E-state index is 11.6. The van der Waals surface area contributed by atoms with Crippen molar-refractivity contribution in [2.45, 2.75) is 25.7 Å². The van der Waals surface area contributed by atoms with Crippen LogP contribution < -0.4 is 10.7 Å². The Morgan fingerprint density at radius 1 is 1.33 bits per heavy atom. The first-order chi connectivity index (χ1) is 8.61. The second-order valence-corrected chi connectivity index (χ2v) is 5.35. The number of nitrogens with one attached hydrogen (secondary N) is 2. The second kappa shape index (κ2) is 8.45. The summed E-state index contributed by atoms with van der Waals surface area (Å²) in [5.74, 6) is 0.919. The van der Waals surface area contributed by atoms with Gasteiger partial charge in [0.2, 0.25) is 5.91 Å². The standard InChI is InChI=1S/C13H28N4O/c1-14-17-9-6-12(7-10-17)4-5-13(18)15-8-11-16(2)3/h12,14H,4-11H2,1-3H3,(H,15,18). The van der Waals surface area contributed by atoms with Crippen LogP contribution in [0.15, 0.2) is 0 Å². The van der Waals surface area contributed by atoms with Crippen molar-refractivity contribution in [2.75, 3.05) is 47.3 Å². The number of hydrogen-bond acceptors (Lipinski definition) is 4. The molecule has 0 aromatic rings. The summed E-state index contributed by atoms with van der Waals surface area (Å²) >= 11 is 0. The van der Waals surface area contributed by atoms with Crippen molar-refractivity contribution in [3.8, 4) is 0 Å². The molecule has 0 aliphatic carbocycles. The van der Waals surface area contributed by atoms with Gasteiger partial charge in [-0.05, 0) is 46.3 Å². The first kappa shape index (κ1) is 15.4. The third kappa shape index (κ3) is 6.33. The van der Waals surface area contributed by atoms with Crippen LogP contribution in [0, 0.1) is 5.92 Å². The number of hydrazine groups is 1. The normalized spacial score (nSPS) is 18.2. The van der Waals surface area contributed by atoms with Crippen molar-refractivity contribution in [1.29, 1.82) is 0 Å². The summed E-state index contributed by atoms with van der Waals surface area (Å²) in [5.41, 5.74) is 3.18. The molecule has 1 aliphatic rings. The van der Waals surface area contributed by atoms with Crippen LogP contribution >= 0.6 is 0 Å². The average Bonchev–Trinajstić information content (AvgIpc) is 2.36. The molecule has 1 rings (SSSR count). The van der Waals surface area contributed by atoms with Crippen LogP contribution in [0.2, 0.25) is 0 Å². The predicted molar refractivity (Wildman–Crippen MR) is 74.2 cm³/mol. The molecule has 0 spiro atoms. The van der Waals surface area contributed by atoms with Gasteiger partial charge in [0.05, 0.1) is 0 Å². The van der Waals surface area contributed by atoms with Crippen LogP contribution in [0.1, 0.15) is 25.7 Å². The number of amides is 1.